The first kappa shape index (κ1) is 16.9. The maximum atomic E-state index is 12.3. The van der Waals surface area contributed by atoms with Crippen molar-refractivity contribution in [3.63, 3.8) is 0 Å². The van der Waals surface area contributed by atoms with Crippen LogP contribution in [0.4, 0.5) is 5.69 Å². The van der Waals surface area contributed by atoms with Crippen molar-refractivity contribution in [2.24, 2.45) is 0 Å². The first-order valence-corrected chi connectivity index (χ1v) is 8.30. The van der Waals surface area contributed by atoms with E-state index in [0.717, 1.165) is 10.7 Å². The zero-order valence-corrected chi connectivity index (χ0v) is 13.8. The third-order valence-electron chi connectivity index (χ3n) is 2.61. The summed E-state index contributed by atoms with van der Waals surface area (Å²) < 4.78 is 26.2. The van der Waals surface area contributed by atoms with Crippen LogP contribution in [0, 0.1) is 0 Å². The molecule has 0 aliphatic rings. The average molecular weight is 364 g/mol. The summed E-state index contributed by atoms with van der Waals surface area (Å²) in [7, 11) is -2.37. The normalized spacial score (nSPS) is 11.6. The number of likely N-dealkylation sites (N-methyl/N-ethyl adjacent to an activating group) is 1. The number of carbonyl (C=O) groups excluding carboxylic acids is 1. The van der Waals surface area contributed by atoms with E-state index < -0.39 is 10.0 Å². The predicted molar refractivity (Wildman–Crippen MR) is 81.7 cm³/mol. The van der Waals surface area contributed by atoms with Crippen molar-refractivity contribution in [2.45, 2.75) is 18.2 Å². The third-order valence-corrected chi connectivity index (χ3v) is 5.14. The number of nitrogens with zero attached hydrogens (tertiary/aromatic N) is 1. The van der Waals surface area contributed by atoms with E-state index in [1.807, 2.05) is 6.92 Å². The van der Waals surface area contributed by atoms with Gasteiger partial charge in [-0.05, 0) is 40.5 Å². The molecular formula is C12H18BrN3O3S. The Bertz CT molecular complexity index is 590. The number of halogens is 1. The summed E-state index contributed by atoms with van der Waals surface area (Å²) >= 11 is 3.20. The van der Waals surface area contributed by atoms with Gasteiger partial charge < -0.3 is 11.1 Å². The van der Waals surface area contributed by atoms with Crippen molar-refractivity contribution in [3.8, 4) is 0 Å². The number of nitrogen functional groups attached to an aromatic ring is 1. The molecule has 0 heterocycles. The maximum Gasteiger partial charge on any atom is 0.243 e. The fourth-order valence-electron chi connectivity index (χ4n) is 1.47. The Morgan fingerprint density at radius 2 is 2.10 bits per heavy atom. The SMILES string of the molecule is CCCNC(=O)CN(C)S(=O)(=O)c1ccc(Br)c(N)c1. The van der Waals surface area contributed by atoms with E-state index in [9.17, 15) is 13.2 Å². The molecule has 0 saturated heterocycles. The molecule has 3 N–H and O–H groups in total. The van der Waals surface area contributed by atoms with Crippen LogP contribution in [0.5, 0.6) is 0 Å². The van der Waals surface area contributed by atoms with Crippen molar-refractivity contribution in [2.75, 3.05) is 25.9 Å². The molecule has 112 valence electrons. The van der Waals surface area contributed by atoms with Crippen molar-refractivity contribution < 1.29 is 13.2 Å². The zero-order chi connectivity index (χ0) is 15.3. The highest BCUT2D eigenvalue weighted by atomic mass is 79.9. The van der Waals surface area contributed by atoms with Crippen LogP contribution in [-0.4, -0.2) is 38.8 Å². The molecule has 0 aromatic heterocycles. The summed E-state index contributed by atoms with van der Waals surface area (Å²) in [4.78, 5) is 11.6. The van der Waals surface area contributed by atoms with Gasteiger partial charge >= 0.3 is 0 Å². The average Bonchev–Trinajstić information content (AvgIpc) is 2.39. The van der Waals surface area contributed by atoms with Crippen molar-refractivity contribution in [1.29, 1.82) is 0 Å². The second-order valence-corrected chi connectivity index (χ2v) is 7.19. The molecule has 0 aliphatic heterocycles. The fraction of sp³-hybridized carbons (Fsp3) is 0.417. The summed E-state index contributed by atoms with van der Waals surface area (Å²) in [6, 6.07) is 4.36. The minimum atomic E-state index is -3.73. The van der Waals surface area contributed by atoms with Crippen LogP contribution in [0.2, 0.25) is 0 Å². The first-order chi connectivity index (χ1) is 9.28. The maximum absolute atomic E-state index is 12.3. The third kappa shape index (κ3) is 4.19. The lowest BCUT2D eigenvalue weighted by atomic mass is 10.3. The second kappa shape index (κ2) is 7.05. The Hall–Kier alpha value is -1.12. The van der Waals surface area contributed by atoms with E-state index in [-0.39, 0.29) is 17.3 Å². The molecular weight excluding hydrogens is 346 g/mol. The van der Waals surface area contributed by atoms with Gasteiger partial charge in [-0.15, -0.1) is 0 Å². The number of rotatable bonds is 6. The van der Waals surface area contributed by atoms with Crippen LogP contribution < -0.4 is 11.1 Å². The van der Waals surface area contributed by atoms with E-state index >= 15 is 0 Å². The monoisotopic (exact) mass is 363 g/mol. The molecule has 20 heavy (non-hydrogen) atoms. The van der Waals surface area contributed by atoms with Crippen LogP contribution in [0.1, 0.15) is 13.3 Å². The van der Waals surface area contributed by atoms with E-state index in [2.05, 4.69) is 21.2 Å². The Kier molecular flexibility index (Phi) is 5.97. The zero-order valence-electron chi connectivity index (χ0n) is 11.4. The van der Waals surface area contributed by atoms with Gasteiger partial charge in [0.25, 0.3) is 0 Å². The molecule has 0 aliphatic carbocycles. The number of sulfonamides is 1. The van der Waals surface area contributed by atoms with Gasteiger partial charge in [-0.2, -0.15) is 4.31 Å². The van der Waals surface area contributed by atoms with Crippen LogP contribution in [0.3, 0.4) is 0 Å². The smallest absolute Gasteiger partial charge is 0.243 e. The lowest BCUT2D eigenvalue weighted by molar-refractivity contribution is -0.121. The number of nitrogens with two attached hydrogens (primary N) is 1. The quantitative estimate of drug-likeness (QED) is 0.742. The molecule has 0 radical (unpaired) electrons. The number of anilines is 1. The molecule has 8 heteroatoms. The standard InChI is InChI=1S/C12H18BrN3O3S/c1-3-6-15-12(17)8-16(2)20(18,19)9-4-5-10(13)11(14)7-9/h4-5,7H,3,6,8,14H2,1-2H3,(H,15,17). The Morgan fingerprint density at radius 1 is 1.45 bits per heavy atom. The van der Waals surface area contributed by atoms with Gasteiger partial charge in [-0.25, -0.2) is 8.42 Å². The molecule has 6 nitrogen and oxygen atoms in total. The number of hydrogen-bond acceptors (Lipinski definition) is 4. The molecule has 0 fully saturated rings. The Balaban J connectivity index is 2.87. The minimum Gasteiger partial charge on any atom is -0.398 e. The highest BCUT2D eigenvalue weighted by Crippen LogP contribution is 2.24. The van der Waals surface area contributed by atoms with E-state index in [0.29, 0.717) is 16.7 Å². The fourth-order valence-corrected chi connectivity index (χ4v) is 2.88. The summed E-state index contributed by atoms with van der Waals surface area (Å²) in [5.41, 5.74) is 6.00. The van der Waals surface area contributed by atoms with Gasteiger partial charge in [0.15, 0.2) is 0 Å². The van der Waals surface area contributed by atoms with Gasteiger partial charge in [0.2, 0.25) is 15.9 Å². The summed E-state index contributed by atoms with van der Waals surface area (Å²) in [6.45, 7) is 2.22. The van der Waals surface area contributed by atoms with Crippen LogP contribution >= 0.6 is 15.9 Å². The number of amides is 1. The summed E-state index contributed by atoms with van der Waals surface area (Å²) in [6.07, 6.45) is 0.797. The molecule has 1 aromatic rings. The van der Waals surface area contributed by atoms with Gasteiger partial charge in [0, 0.05) is 23.8 Å². The van der Waals surface area contributed by atoms with E-state index in [1.54, 1.807) is 6.07 Å². The molecule has 0 atom stereocenters. The highest BCUT2D eigenvalue weighted by Gasteiger charge is 2.23. The van der Waals surface area contributed by atoms with Crippen molar-refractivity contribution in [3.05, 3.63) is 22.7 Å². The number of carbonyl (C=O) groups is 1. The number of hydrogen-bond donors (Lipinski definition) is 2. The van der Waals surface area contributed by atoms with E-state index in [1.165, 1.54) is 19.2 Å². The second-order valence-electron chi connectivity index (χ2n) is 4.29. The molecule has 0 bridgehead atoms. The molecule has 1 amide bonds. The van der Waals surface area contributed by atoms with Crippen LogP contribution in [-0.2, 0) is 14.8 Å². The predicted octanol–water partition coefficient (Wildman–Crippen LogP) is 1.18. The molecule has 1 aromatic carbocycles. The highest BCUT2D eigenvalue weighted by molar-refractivity contribution is 9.10. The van der Waals surface area contributed by atoms with Gasteiger partial charge in [0.05, 0.1) is 11.4 Å². The summed E-state index contributed by atoms with van der Waals surface area (Å²) in [5.74, 6) is -0.331. The van der Waals surface area contributed by atoms with E-state index in [4.69, 9.17) is 5.73 Å². The lowest BCUT2D eigenvalue weighted by Gasteiger charge is -2.17. The van der Waals surface area contributed by atoms with Gasteiger partial charge in [-0.3, -0.25) is 4.79 Å². The Labute approximate surface area is 127 Å². The Morgan fingerprint density at radius 3 is 2.65 bits per heavy atom. The van der Waals surface area contributed by atoms with Gasteiger partial charge in [-0.1, -0.05) is 6.92 Å². The number of nitrogens with one attached hydrogen (secondary N) is 1. The largest absolute Gasteiger partial charge is 0.398 e. The number of benzene rings is 1. The minimum absolute atomic E-state index is 0.0593. The van der Waals surface area contributed by atoms with Crippen molar-refractivity contribution in [1.82, 2.24) is 9.62 Å². The van der Waals surface area contributed by atoms with Crippen LogP contribution in [0.25, 0.3) is 0 Å². The molecule has 0 saturated carbocycles. The topological polar surface area (TPSA) is 92.5 Å². The van der Waals surface area contributed by atoms with Crippen LogP contribution in [0.15, 0.2) is 27.6 Å². The van der Waals surface area contributed by atoms with Gasteiger partial charge in [0.1, 0.15) is 0 Å². The molecule has 0 spiro atoms. The van der Waals surface area contributed by atoms with Crippen molar-refractivity contribution >= 4 is 37.5 Å². The molecule has 1 rings (SSSR count). The molecule has 0 unspecified atom stereocenters. The summed E-state index contributed by atoms with van der Waals surface area (Å²) in [5, 5.41) is 2.63. The lowest BCUT2D eigenvalue weighted by Crippen LogP contribution is -2.38. The first-order valence-electron chi connectivity index (χ1n) is 6.07.